The first kappa shape index (κ1) is 12.0. The summed E-state index contributed by atoms with van der Waals surface area (Å²) in [6.45, 7) is 0. The van der Waals surface area contributed by atoms with Crippen LogP contribution in [0.15, 0.2) is 27.4 Å². The Labute approximate surface area is 106 Å². The van der Waals surface area contributed by atoms with E-state index in [1.807, 2.05) is 0 Å². The second-order valence-corrected chi connectivity index (χ2v) is 4.08. The Morgan fingerprint density at radius 1 is 1.29 bits per heavy atom. The van der Waals surface area contributed by atoms with E-state index in [-0.39, 0.29) is 16.2 Å². The van der Waals surface area contributed by atoms with E-state index in [4.69, 9.17) is 27.6 Å². The molecule has 0 N–H and O–H groups in total. The number of halogens is 2. The van der Waals surface area contributed by atoms with Gasteiger partial charge in [-0.25, -0.2) is 9.59 Å². The Kier molecular flexibility index (Phi) is 3.09. The number of ether oxygens (including phenoxy) is 1. The topological polar surface area (TPSA) is 56.5 Å². The normalized spacial score (nSPS) is 10.5. The fourth-order valence-electron chi connectivity index (χ4n) is 1.47. The Morgan fingerprint density at radius 2 is 2.00 bits per heavy atom. The third-order valence-corrected chi connectivity index (χ3v) is 2.67. The van der Waals surface area contributed by atoms with Gasteiger partial charge in [-0.05, 0) is 12.1 Å². The summed E-state index contributed by atoms with van der Waals surface area (Å²) in [5.74, 6) is -0.652. The molecule has 6 heteroatoms. The molecule has 0 fully saturated rings. The van der Waals surface area contributed by atoms with E-state index in [0.29, 0.717) is 10.4 Å². The summed E-state index contributed by atoms with van der Waals surface area (Å²) in [5.41, 5.74) is -0.491. The van der Waals surface area contributed by atoms with Crippen molar-refractivity contribution in [1.29, 1.82) is 0 Å². The first-order valence-corrected chi connectivity index (χ1v) is 5.29. The van der Waals surface area contributed by atoms with E-state index in [1.165, 1.54) is 19.2 Å². The van der Waals surface area contributed by atoms with Crippen molar-refractivity contribution in [3.63, 3.8) is 0 Å². The smallest absolute Gasteiger partial charge is 0.338 e. The zero-order chi connectivity index (χ0) is 12.6. The molecule has 0 atom stereocenters. The Bertz CT molecular complexity index is 660. The number of rotatable bonds is 1. The number of carbonyl (C=O) groups is 1. The van der Waals surface area contributed by atoms with E-state index in [2.05, 4.69) is 4.74 Å². The van der Waals surface area contributed by atoms with Gasteiger partial charge in [0.2, 0.25) is 0 Å². The minimum atomic E-state index is -0.679. The maximum Gasteiger partial charge on any atom is 0.338 e. The fourth-order valence-corrected chi connectivity index (χ4v) is 2.00. The summed E-state index contributed by atoms with van der Waals surface area (Å²) >= 11 is 11.7. The minimum absolute atomic E-state index is 0.0724. The molecule has 2 rings (SSSR count). The molecular weight excluding hydrogens is 267 g/mol. The van der Waals surface area contributed by atoms with Crippen LogP contribution in [0.1, 0.15) is 10.4 Å². The highest BCUT2D eigenvalue weighted by atomic mass is 35.5. The number of fused-ring (bicyclic) bond motifs is 1. The van der Waals surface area contributed by atoms with Crippen LogP contribution in [-0.4, -0.2) is 13.1 Å². The molecule has 1 aromatic heterocycles. The number of hydrogen-bond acceptors (Lipinski definition) is 4. The Balaban J connectivity index is 2.92. The van der Waals surface area contributed by atoms with E-state index in [0.717, 1.165) is 6.07 Å². The average molecular weight is 273 g/mol. The predicted octanol–water partition coefficient (Wildman–Crippen LogP) is 2.89. The quantitative estimate of drug-likeness (QED) is 0.592. The highest BCUT2D eigenvalue weighted by Crippen LogP contribution is 2.29. The molecule has 0 saturated carbocycles. The molecule has 0 unspecified atom stereocenters. The van der Waals surface area contributed by atoms with Gasteiger partial charge in [0.05, 0.1) is 17.7 Å². The standard InChI is InChI=1S/C11H6Cl2O4/c1-16-11(15)7-4-9(14)17-10-6(7)2-5(12)3-8(10)13/h2-4H,1H3. The monoisotopic (exact) mass is 272 g/mol. The molecule has 0 spiro atoms. The summed E-state index contributed by atoms with van der Waals surface area (Å²) < 4.78 is 9.50. The van der Waals surface area contributed by atoms with E-state index in [9.17, 15) is 9.59 Å². The molecular formula is C11H6Cl2O4. The molecule has 0 saturated heterocycles. The van der Waals surface area contributed by atoms with E-state index < -0.39 is 11.6 Å². The number of hydrogen-bond donors (Lipinski definition) is 0. The van der Waals surface area contributed by atoms with Crippen LogP contribution >= 0.6 is 23.2 Å². The zero-order valence-electron chi connectivity index (χ0n) is 8.62. The zero-order valence-corrected chi connectivity index (χ0v) is 10.1. The Hall–Kier alpha value is -1.52. The van der Waals surface area contributed by atoms with Crippen LogP contribution in [0.3, 0.4) is 0 Å². The van der Waals surface area contributed by atoms with Crippen LogP contribution < -0.4 is 5.63 Å². The van der Waals surface area contributed by atoms with Gasteiger partial charge in [0, 0.05) is 16.5 Å². The van der Waals surface area contributed by atoms with Crippen molar-refractivity contribution >= 4 is 40.1 Å². The van der Waals surface area contributed by atoms with Crippen LogP contribution in [0.25, 0.3) is 11.0 Å². The highest BCUT2D eigenvalue weighted by molar-refractivity contribution is 6.38. The molecule has 0 aliphatic carbocycles. The summed E-state index contributed by atoms with van der Waals surface area (Å²) in [6.07, 6.45) is 0. The second kappa shape index (κ2) is 4.39. The van der Waals surface area contributed by atoms with Gasteiger partial charge in [-0.1, -0.05) is 23.2 Å². The molecule has 1 aromatic carbocycles. The van der Waals surface area contributed by atoms with Crippen LogP contribution in [-0.2, 0) is 4.74 Å². The number of benzene rings is 1. The Morgan fingerprint density at radius 3 is 2.65 bits per heavy atom. The van der Waals surface area contributed by atoms with Gasteiger partial charge < -0.3 is 9.15 Å². The van der Waals surface area contributed by atoms with Crippen LogP contribution in [0.5, 0.6) is 0 Å². The first-order chi connectivity index (χ1) is 8.02. The molecule has 0 radical (unpaired) electrons. The lowest BCUT2D eigenvalue weighted by atomic mass is 10.1. The molecule has 4 nitrogen and oxygen atoms in total. The predicted molar refractivity (Wildman–Crippen MR) is 63.8 cm³/mol. The van der Waals surface area contributed by atoms with Gasteiger partial charge >= 0.3 is 11.6 Å². The maximum absolute atomic E-state index is 11.5. The largest absolute Gasteiger partial charge is 0.465 e. The SMILES string of the molecule is COC(=O)c1cc(=O)oc2c(Cl)cc(Cl)cc12. The molecule has 0 aliphatic rings. The van der Waals surface area contributed by atoms with Crippen molar-refractivity contribution in [1.82, 2.24) is 0 Å². The number of esters is 1. The third-order valence-electron chi connectivity index (χ3n) is 2.17. The van der Waals surface area contributed by atoms with Gasteiger partial charge in [-0.3, -0.25) is 0 Å². The van der Waals surface area contributed by atoms with Crippen molar-refractivity contribution < 1.29 is 13.9 Å². The van der Waals surface area contributed by atoms with Crippen LogP contribution in [0.2, 0.25) is 10.0 Å². The van der Waals surface area contributed by atoms with Gasteiger partial charge in [0.1, 0.15) is 0 Å². The summed E-state index contributed by atoms with van der Waals surface area (Å²) in [6, 6.07) is 3.95. The van der Waals surface area contributed by atoms with Gasteiger partial charge in [0.25, 0.3) is 0 Å². The summed E-state index contributed by atoms with van der Waals surface area (Å²) in [7, 11) is 1.22. The molecule has 88 valence electrons. The van der Waals surface area contributed by atoms with Gasteiger partial charge in [-0.15, -0.1) is 0 Å². The second-order valence-electron chi connectivity index (χ2n) is 3.23. The minimum Gasteiger partial charge on any atom is -0.465 e. The van der Waals surface area contributed by atoms with Crippen LogP contribution in [0, 0.1) is 0 Å². The lowest BCUT2D eigenvalue weighted by Crippen LogP contribution is -2.08. The lowest BCUT2D eigenvalue weighted by Gasteiger charge is -2.05. The highest BCUT2D eigenvalue weighted by Gasteiger charge is 2.16. The molecule has 0 aliphatic heterocycles. The number of methoxy groups -OCH3 is 1. The van der Waals surface area contributed by atoms with Crippen molar-refractivity contribution in [3.8, 4) is 0 Å². The van der Waals surface area contributed by atoms with Crippen molar-refractivity contribution in [2.75, 3.05) is 7.11 Å². The molecule has 2 aromatic rings. The molecule has 0 bridgehead atoms. The molecule has 17 heavy (non-hydrogen) atoms. The van der Waals surface area contributed by atoms with Gasteiger partial charge in [0.15, 0.2) is 5.58 Å². The van der Waals surface area contributed by atoms with E-state index >= 15 is 0 Å². The van der Waals surface area contributed by atoms with Gasteiger partial charge in [-0.2, -0.15) is 0 Å². The number of carbonyl (C=O) groups excluding carboxylic acids is 1. The lowest BCUT2D eigenvalue weighted by molar-refractivity contribution is 0.0602. The fraction of sp³-hybridized carbons (Fsp3) is 0.0909. The summed E-state index contributed by atoms with van der Waals surface area (Å²) in [4.78, 5) is 22.8. The summed E-state index contributed by atoms with van der Waals surface area (Å²) in [5, 5.41) is 0.839. The average Bonchev–Trinajstić information content (AvgIpc) is 2.28. The molecule has 1 heterocycles. The van der Waals surface area contributed by atoms with Crippen molar-refractivity contribution in [3.05, 3.63) is 44.2 Å². The first-order valence-electron chi connectivity index (χ1n) is 4.54. The van der Waals surface area contributed by atoms with Crippen molar-refractivity contribution in [2.24, 2.45) is 0 Å². The maximum atomic E-state index is 11.5. The van der Waals surface area contributed by atoms with E-state index in [1.54, 1.807) is 0 Å². The molecule has 0 amide bonds. The third kappa shape index (κ3) is 2.14. The van der Waals surface area contributed by atoms with Crippen LogP contribution in [0.4, 0.5) is 0 Å². The van der Waals surface area contributed by atoms with Crippen molar-refractivity contribution in [2.45, 2.75) is 0 Å².